The molecule has 1 saturated heterocycles. The molecule has 0 spiro atoms. The van der Waals surface area contributed by atoms with E-state index in [1.807, 2.05) is 6.07 Å². The van der Waals surface area contributed by atoms with E-state index >= 15 is 0 Å². The minimum absolute atomic E-state index is 0.0996. The Morgan fingerprint density at radius 2 is 1.75 bits per heavy atom. The van der Waals surface area contributed by atoms with E-state index in [2.05, 4.69) is 46.4 Å². The molecule has 2 aromatic carbocycles. The number of carbonyl (C=O) groups excluding carboxylic acids is 1. The van der Waals surface area contributed by atoms with Crippen LogP contribution < -0.4 is 10.2 Å². The summed E-state index contributed by atoms with van der Waals surface area (Å²) in [4.78, 5) is 14.6. The molecule has 168 valence electrons. The molecule has 1 amide bonds. The second kappa shape index (κ2) is 9.14. The molecular weight excluding hydrogens is 470 g/mol. The van der Waals surface area contributed by atoms with Crippen molar-refractivity contribution in [3.63, 3.8) is 0 Å². The number of sulfonamides is 1. The lowest BCUT2D eigenvalue weighted by molar-refractivity contribution is 0.102. The van der Waals surface area contributed by atoms with Gasteiger partial charge in [-0.1, -0.05) is 47.2 Å². The van der Waals surface area contributed by atoms with Crippen LogP contribution in [0.15, 0.2) is 46.8 Å². The molecule has 1 aliphatic heterocycles. The maximum Gasteiger partial charge on any atom is 0.272 e. The van der Waals surface area contributed by atoms with Gasteiger partial charge >= 0.3 is 0 Å². The standard InChI is InChI=1S/C21H22ClN5O3S2/c1-14-6-5-9-18(15(14)2)26-10-12-27(13-11-26)32(29,30)21-25-24-20(31-21)23-19(28)16-7-3-4-8-17(16)22/h3-9H,10-13H2,1-2H3,(H,23,24,28). The lowest BCUT2D eigenvalue weighted by Crippen LogP contribution is -2.48. The largest absolute Gasteiger partial charge is 0.369 e. The van der Waals surface area contributed by atoms with Crippen LogP contribution in [0.25, 0.3) is 0 Å². The van der Waals surface area contributed by atoms with Crippen molar-refractivity contribution < 1.29 is 13.2 Å². The summed E-state index contributed by atoms with van der Waals surface area (Å²) >= 11 is 6.86. The van der Waals surface area contributed by atoms with Crippen LogP contribution in [0.4, 0.5) is 10.8 Å². The summed E-state index contributed by atoms with van der Waals surface area (Å²) in [5.41, 5.74) is 3.81. The van der Waals surface area contributed by atoms with Crippen LogP contribution in [0, 0.1) is 13.8 Å². The first-order valence-electron chi connectivity index (χ1n) is 9.98. The number of hydrogen-bond donors (Lipinski definition) is 1. The quantitative estimate of drug-likeness (QED) is 0.548. The molecule has 3 aromatic rings. The Hall–Kier alpha value is -2.53. The molecular formula is C21H22ClN5O3S2. The summed E-state index contributed by atoms with van der Waals surface area (Å²) in [6.45, 7) is 5.99. The SMILES string of the molecule is Cc1cccc(N2CCN(S(=O)(=O)c3nnc(NC(=O)c4ccccc4Cl)s3)CC2)c1C. The van der Waals surface area contributed by atoms with Crippen LogP contribution in [0.5, 0.6) is 0 Å². The van der Waals surface area contributed by atoms with Gasteiger partial charge in [-0.05, 0) is 43.2 Å². The second-order valence-electron chi connectivity index (χ2n) is 7.42. The Morgan fingerprint density at radius 3 is 2.47 bits per heavy atom. The minimum atomic E-state index is -3.80. The lowest BCUT2D eigenvalue weighted by atomic mass is 10.1. The number of amides is 1. The topological polar surface area (TPSA) is 95.5 Å². The second-order valence-corrected chi connectivity index (χ2v) is 10.9. The molecule has 1 N–H and O–H groups in total. The number of nitrogens with zero attached hydrogens (tertiary/aromatic N) is 4. The highest BCUT2D eigenvalue weighted by atomic mass is 35.5. The first-order chi connectivity index (χ1) is 15.3. The molecule has 11 heteroatoms. The van der Waals surface area contributed by atoms with Gasteiger partial charge in [-0.2, -0.15) is 4.31 Å². The number of aryl methyl sites for hydroxylation is 1. The normalized spacial score (nSPS) is 15.0. The van der Waals surface area contributed by atoms with E-state index in [1.54, 1.807) is 24.3 Å². The third kappa shape index (κ3) is 4.49. The molecule has 0 unspecified atom stereocenters. The smallest absolute Gasteiger partial charge is 0.272 e. The van der Waals surface area contributed by atoms with Crippen molar-refractivity contribution in [1.82, 2.24) is 14.5 Å². The van der Waals surface area contributed by atoms with Crippen LogP contribution in [-0.4, -0.2) is 55.0 Å². The number of aromatic nitrogens is 2. The van der Waals surface area contributed by atoms with Crippen molar-refractivity contribution in [2.24, 2.45) is 0 Å². The Kier molecular flexibility index (Phi) is 6.47. The fourth-order valence-electron chi connectivity index (χ4n) is 3.53. The highest BCUT2D eigenvalue weighted by Crippen LogP contribution is 2.28. The molecule has 1 aromatic heterocycles. The average Bonchev–Trinajstić information content (AvgIpc) is 3.25. The highest BCUT2D eigenvalue weighted by Gasteiger charge is 2.32. The molecule has 0 bridgehead atoms. The van der Waals surface area contributed by atoms with E-state index in [0.717, 1.165) is 17.0 Å². The number of carbonyl (C=O) groups is 1. The van der Waals surface area contributed by atoms with Crippen LogP contribution in [-0.2, 0) is 10.0 Å². The van der Waals surface area contributed by atoms with Crippen molar-refractivity contribution in [2.45, 2.75) is 18.2 Å². The van der Waals surface area contributed by atoms with Gasteiger partial charge in [0, 0.05) is 31.9 Å². The van der Waals surface area contributed by atoms with Gasteiger partial charge < -0.3 is 4.90 Å². The fourth-order valence-corrected chi connectivity index (χ4v) is 6.21. The molecule has 0 saturated carbocycles. The van der Waals surface area contributed by atoms with Gasteiger partial charge in [-0.25, -0.2) is 8.42 Å². The van der Waals surface area contributed by atoms with Crippen molar-refractivity contribution in [1.29, 1.82) is 0 Å². The Labute approximate surface area is 195 Å². The highest BCUT2D eigenvalue weighted by molar-refractivity contribution is 7.91. The van der Waals surface area contributed by atoms with E-state index in [-0.39, 0.29) is 15.0 Å². The lowest BCUT2D eigenvalue weighted by Gasteiger charge is -2.35. The number of anilines is 2. The third-order valence-corrected chi connectivity index (χ3v) is 8.87. The fraction of sp³-hybridized carbons (Fsp3) is 0.286. The van der Waals surface area contributed by atoms with Gasteiger partial charge in [0.05, 0.1) is 10.6 Å². The number of hydrogen-bond acceptors (Lipinski definition) is 7. The Balaban J connectivity index is 1.44. The predicted octanol–water partition coefficient (Wildman–Crippen LogP) is 3.57. The van der Waals surface area contributed by atoms with Gasteiger partial charge in [0.2, 0.25) is 9.47 Å². The van der Waals surface area contributed by atoms with Crippen LogP contribution in [0.3, 0.4) is 0 Å². The molecule has 1 aliphatic rings. The van der Waals surface area contributed by atoms with Gasteiger partial charge in [-0.15, -0.1) is 10.2 Å². The van der Waals surface area contributed by atoms with Crippen molar-refractivity contribution in [3.05, 3.63) is 64.2 Å². The predicted molar refractivity (Wildman–Crippen MR) is 126 cm³/mol. The van der Waals surface area contributed by atoms with Gasteiger partial charge in [0.25, 0.3) is 15.9 Å². The van der Waals surface area contributed by atoms with Gasteiger partial charge in [0.1, 0.15) is 0 Å². The summed E-state index contributed by atoms with van der Waals surface area (Å²) in [7, 11) is -3.80. The van der Waals surface area contributed by atoms with Gasteiger partial charge in [-0.3, -0.25) is 10.1 Å². The van der Waals surface area contributed by atoms with Crippen LogP contribution in [0.1, 0.15) is 21.5 Å². The number of benzene rings is 2. The molecule has 4 rings (SSSR count). The van der Waals surface area contributed by atoms with E-state index in [9.17, 15) is 13.2 Å². The minimum Gasteiger partial charge on any atom is -0.369 e. The van der Waals surface area contributed by atoms with E-state index in [1.165, 1.54) is 15.4 Å². The number of nitrogens with one attached hydrogen (secondary N) is 1. The summed E-state index contributed by atoms with van der Waals surface area (Å²) in [5, 5.41) is 10.6. The van der Waals surface area contributed by atoms with E-state index < -0.39 is 15.9 Å². The Bertz CT molecular complexity index is 1250. The molecule has 0 atom stereocenters. The molecule has 1 fully saturated rings. The van der Waals surface area contributed by atoms with E-state index in [0.29, 0.717) is 31.2 Å². The number of rotatable bonds is 5. The Morgan fingerprint density at radius 1 is 1.03 bits per heavy atom. The van der Waals surface area contributed by atoms with Crippen LogP contribution in [0.2, 0.25) is 5.02 Å². The molecule has 0 radical (unpaired) electrons. The van der Waals surface area contributed by atoms with Crippen molar-refractivity contribution >= 4 is 49.7 Å². The summed E-state index contributed by atoms with van der Waals surface area (Å²) in [6, 6.07) is 12.7. The zero-order valence-electron chi connectivity index (χ0n) is 17.6. The van der Waals surface area contributed by atoms with Crippen molar-refractivity contribution in [3.8, 4) is 0 Å². The van der Waals surface area contributed by atoms with Gasteiger partial charge in [0.15, 0.2) is 0 Å². The number of piperazine rings is 1. The molecule has 0 aliphatic carbocycles. The summed E-state index contributed by atoms with van der Waals surface area (Å²) < 4.78 is 27.4. The summed E-state index contributed by atoms with van der Waals surface area (Å²) in [5.74, 6) is -0.474. The van der Waals surface area contributed by atoms with E-state index in [4.69, 9.17) is 11.6 Å². The zero-order chi connectivity index (χ0) is 22.9. The summed E-state index contributed by atoms with van der Waals surface area (Å²) in [6.07, 6.45) is 0. The first kappa shape index (κ1) is 22.7. The van der Waals surface area contributed by atoms with Crippen molar-refractivity contribution in [2.75, 3.05) is 36.4 Å². The molecule has 2 heterocycles. The molecule has 32 heavy (non-hydrogen) atoms. The van der Waals surface area contributed by atoms with Crippen LogP contribution >= 0.6 is 22.9 Å². The maximum absolute atomic E-state index is 13.1. The average molecular weight is 492 g/mol. The number of halogens is 1. The third-order valence-electron chi connectivity index (χ3n) is 5.46. The maximum atomic E-state index is 13.1. The first-order valence-corrected chi connectivity index (χ1v) is 12.6. The zero-order valence-corrected chi connectivity index (χ0v) is 20.0. The monoisotopic (exact) mass is 491 g/mol. The molecule has 8 nitrogen and oxygen atoms in total.